The smallest absolute Gasteiger partial charge is 0.329 e. The standard InChI is InChI=1S/C18H23NO4/c1-19(18(17(21)22)10-5-2-6-11-18)16(20)14-9-12-23-15-8-4-3-7-13(14)15/h3-4,7-8,14H,2,5-6,9-12H2,1H3,(H,21,22). The highest BCUT2D eigenvalue weighted by molar-refractivity contribution is 5.91. The van der Waals surface area contributed by atoms with Crippen molar-refractivity contribution in [1.29, 1.82) is 0 Å². The van der Waals surface area contributed by atoms with E-state index in [1.807, 2.05) is 24.3 Å². The number of hydrogen-bond acceptors (Lipinski definition) is 3. The summed E-state index contributed by atoms with van der Waals surface area (Å²) in [6.45, 7) is 0.487. The lowest BCUT2D eigenvalue weighted by molar-refractivity contribution is -0.161. The third-order valence-corrected chi connectivity index (χ3v) is 5.31. The summed E-state index contributed by atoms with van der Waals surface area (Å²) in [4.78, 5) is 26.5. The summed E-state index contributed by atoms with van der Waals surface area (Å²) in [7, 11) is 1.65. The first-order valence-electron chi connectivity index (χ1n) is 8.29. The van der Waals surface area contributed by atoms with Crippen LogP contribution in [0.2, 0.25) is 0 Å². The van der Waals surface area contributed by atoms with Crippen LogP contribution < -0.4 is 4.74 Å². The Morgan fingerprint density at radius 3 is 2.61 bits per heavy atom. The summed E-state index contributed by atoms with van der Waals surface area (Å²) in [5.41, 5.74) is -0.185. The molecule has 1 atom stereocenters. The molecule has 3 rings (SSSR count). The third-order valence-electron chi connectivity index (χ3n) is 5.31. The van der Waals surface area contributed by atoms with Crippen LogP contribution >= 0.6 is 0 Å². The fourth-order valence-electron chi connectivity index (χ4n) is 3.87. The zero-order valence-corrected chi connectivity index (χ0v) is 13.5. The summed E-state index contributed by atoms with van der Waals surface area (Å²) < 4.78 is 5.61. The van der Waals surface area contributed by atoms with Gasteiger partial charge in [0, 0.05) is 12.6 Å². The lowest BCUT2D eigenvalue weighted by Crippen LogP contribution is -2.57. The number of fused-ring (bicyclic) bond motifs is 1. The Kier molecular flexibility index (Phi) is 4.28. The summed E-state index contributed by atoms with van der Waals surface area (Å²) in [5, 5.41) is 9.78. The Balaban J connectivity index is 1.89. The minimum atomic E-state index is -1.05. The Hall–Kier alpha value is -2.04. The van der Waals surface area contributed by atoms with E-state index in [4.69, 9.17) is 4.74 Å². The minimum Gasteiger partial charge on any atom is -0.493 e. The van der Waals surface area contributed by atoms with Gasteiger partial charge in [-0.2, -0.15) is 0 Å². The van der Waals surface area contributed by atoms with Gasteiger partial charge in [-0.15, -0.1) is 0 Å². The Labute approximate surface area is 136 Å². The van der Waals surface area contributed by atoms with Gasteiger partial charge < -0.3 is 14.7 Å². The first-order valence-corrected chi connectivity index (χ1v) is 8.29. The van der Waals surface area contributed by atoms with Crippen LogP contribution in [0.1, 0.15) is 50.0 Å². The van der Waals surface area contributed by atoms with E-state index in [1.54, 1.807) is 7.05 Å². The van der Waals surface area contributed by atoms with Gasteiger partial charge in [-0.05, 0) is 25.3 Å². The lowest BCUT2D eigenvalue weighted by Gasteiger charge is -2.42. The molecule has 1 fully saturated rings. The number of carbonyl (C=O) groups is 2. The molecule has 1 aliphatic heterocycles. The van der Waals surface area contributed by atoms with Crippen molar-refractivity contribution in [1.82, 2.24) is 4.90 Å². The van der Waals surface area contributed by atoms with E-state index < -0.39 is 11.5 Å². The number of amides is 1. The Morgan fingerprint density at radius 2 is 1.91 bits per heavy atom. The second-order valence-corrected chi connectivity index (χ2v) is 6.52. The van der Waals surface area contributed by atoms with Crippen molar-refractivity contribution in [2.24, 2.45) is 0 Å². The van der Waals surface area contributed by atoms with E-state index in [2.05, 4.69) is 0 Å². The first-order chi connectivity index (χ1) is 11.1. The number of carboxylic acids is 1. The van der Waals surface area contributed by atoms with Gasteiger partial charge in [-0.3, -0.25) is 4.79 Å². The van der Waals surface area contributed by atoms with Crippen LogP contribution in [-0.2, 0) is 9.59 Å². The van der Waals surface area contributed by atoms with E-state index in [0.717, 1.165) is 30.6 Å². The SMILES string of the molecule is CN(C(=O)C1CCOc2ccccc21)C1(C(=O)O)CCCCC1. The van der Waals surface area contributed by atoms with Gasteiger partial charge in [0.1, 0.15) is 11.3 Å². The maximum absolute atomic E-state index is 13.1. The second kappa shape index (κ2) is 6.22. The molecule has 1 aliphatic carbocycles. The zero-order chi connectivity index (χ0) is 16.4. The summed E-state index contributed by atoms with van der Waals surface area (Å²) in [5.74, 6) is -0.569. The molecule has 1 aromatic rings. The van der Waals surface area contributed by atoms with Crippen LogP contribution in [0, 0.1) is 0 Å². The predicted molar refractivity (Wildman–Crippen MR) is 85.5 cm³/mol. The van der Waals surface area contributed by atoms with Gasteiger partial charge >= 0.3 is 5.97 Å². The summed E-state index contributed by atoms with van der Waals surface area (Å²) in [6, 6.07) is 7.54. The lowest BCUT2D eigenvalue weighted by atomic mass is 9.79. The third kappa shape index (κ3) is 2.69. The van der Waals surface area contributed by atoms with Crippen molar-refractivity contribution in [3.8, 4) is 5.75 Å². The largest absolute Gasteiger partial charge is 0.493 e. The quantitative estimate of drug-likeness (QED) is 0.931. The molecule has 23 heavy (non-hydrogen) atoms. The molecule has 1 amide bonds. The molecule has 5 heteroatoms. The molecule has 0 spiro atoms. The molecule has 2 aliphatic rings. The molecule has 0 saturated heterocycles. The highest BCUT2D eigenvalue weighted by Gasteiger charge is 2.47. The van der Waals surface area contributed by atoms with E-state index >= 15 is 0 Å². The van der Waals surface area contributed by atoms with E-state index in [1.165, 1.54) is 4.90 Å². The normalized spacial score (nSPS) is 22.6. The Morgan fingerprint density at radius 1 is 1.22 bits per heavy atom. The van der Waals surface area contributed by atoms with Gasteiger partial charge in [-0.1, -0.05) is 37.5 Å². The molecule has 0 radical (unpaired) electrons. The topological polar surface area (TPSA) is 66.8 Å². The Bertz CT molecular complexity index is 607. The van der Waals surface area contributed by atoms with Crippen molar-refractivity contribution >= 4 is 11.9 Å². The van der Waals surface area contributed by atoms with Crippen molar-refractivity contribution < 1.29 is 19.4 Å². The fraction of sp³-hybridized carbons (Fsp3) is 0.556. The number of ether oxygens (including phenoxy) is 1. The van der Waals surface area contributed by atoms with E-state index in [0.29, 0.717) is 25.9 Å². The van der Waals surface area contributed by atoms with Crippen LogP contribution in [0.3, 0.4) is 0 Å². The van der Waals surface area contributed by atoms with Crippen LogP contribution in [0.25, 0.3) is 0 Å². The molecule has 1 heterocycles. The van der Waals surface area contributed by atoms with E-state index in [-0.39, 0.29) is 11.8 Å². The van der Waals surface area contributed by atoms with Crippen molar-refractivity contribution in [2.45, 2.75) is 50.0 Å². The van der Waals surface area contributed by atoms with Crippen LogP contribution in [-0.4, -0.2) is 41.1 Å². The van der Waals surface area contributed by atoms with Gasteiger partial charge in [-0.25, -0.2) is 4.79 Å². The highest BCUT2D eigenvalue weighted by Crippen LogP contribution is 2.39. The zero-order valence-electron chi connectivity index (χ0n) is 13.5. The second-order valence-electron chi connectivity index (χ2n) is 6.52. The molecule has 5 nitrogen and oxygen atoms in total. The highest BCUT2D eigenvalue weighted by atomic mass is 16.5. The number of para-hydroxylation sites is 1. The van der Waals surface area contributed by atoms with Gasteiger partial charge in [0.05, 0.1) is 12.5 Å². The molecule has 1 unspecified atom stereocenters. The van der Waals surface area contributed by atoms with Crippen LogP contribution in [0.5, 0.6) is 5.75 Å². The van der Waals surface area contributed by atoms with Crippen molar-refractivity contribution in [3.63, 3.8) is 0 Å². The molecular formula is C18H23NO4. The van der Waals surface area contributed by atoms with Crippen LogP contribution in [0.15, 0.2) is 24.3 Å². The van der Waals surface area contributed by atoms with Crippen molar-refractivity contribution in [2.75, 3.05) is 13.7 Å². The number of nitrogens with zero attached hydrogens (tertiary/aromatic N) is 1. The molecule has 1 saturated carbocycles. The molecule has 0 bridgehead atoms. The summed E-state index contributed by atoms with van der Waals surface area (Å²) in [6.07, 6.45) is 4.42. The average Bonchev–Trinajstić information content (AvgIpc) is 2.60. The van der Waals surface area contributed by atoms with Crippen LogP contribution in [0.4, 0.5) is 0 Å². The van der Waals surface area contributed by atoms with Gasteiger partial charge in [0.15, 0.2) is 0 Å². The number of carbonyl (C=O) groups excluding carboxylic acids is 1. The number of aliphatic carboxylic acids is 1. The van der Waals surface area contributed by atoms with E-state index in [9.17, 15) is 14.7 Å². The number of likely N-dealkylation sites (N-methyl/N-ethyl adjacent to an activating group) is 1. The molecular weight excluding hydrogens is 294 g/mol. The number of carboxylic acid groups (broad SMARTS) is 1. The monoisotopic (exact) mass is 317 g/mol. The molecule has 124 valence electrons. The maximum atomic E-state index is 13.1. The predicted octanol–water partition coefficient (Wildman–Crippen LogP) is 2.80. The number of rotatable bonds is 3. The number of hydrogen-bond donors (Lipinski definition) is 1. The number of benzene rings is 1. The maximum Gasteiger partial charge on any atom is 0.329 e. The summed E-state index contributed by atoms with van der Waals surface area (Å²) >= 11 is 0. The van der Waals surface area contributed by atoms with Gasteiger partial charge in [0.2, 0.25) is 5.91 Å². The molecule has 1 N–H and O–H groups in total. The van der Waals surface area contributed by atoms with Gasteiger partial charge in [0.25, 0.3) is 0 Å². The first kappa shape index (κ1) is 15.8. The fourth-order valence-corrected chi connectivity index (χ4v) is 3.87. The minimum absolute atomic E-state index is 0.106. The average molecular weight is 317 g/mol. The molecule has 1 aromatic carbocycles. The molecule has 0 aromatic heterocycles. The van der Waals surface area contributed by atoms with Crippen molar-refractivity contribution in [3.05, 3.63) is 29.8 Å².